The molecule has 1 aromatic rings. The molecule has 2 aliphatic heterocycles. The van der Waals surface area contributed by atoms with Crippen molar-refractivity contribution in [2.24, 2.45) is 11.7 Å². The van der Waals surface area contributed by atoms with Gasteiger partial charge in [-0.05, 0) is 12.1 Å². The topological polar surface area (TPSA) is 102 Å². The molecule has 2 aliphatic rings. The van der Waals surface area contributed by atoms with E-state index in [9.17, 15) is 14.7 Å². The highest BCUT2D eigenvalue weighted by atomic mass is 16.8. The maximum Gasteiger partial charge on any atom is 0.348 e. The molecule has 1 aromatic carbocycles. The summed E-state index contributed by atoms with van der Waals surface area (Å²) in [6.45, 7) is 0.860. The molecule has 1 spiro atoms. The number of aliphatic hydroxyl groups is 1. The Balaban J connectivity index is 1.95. The van der Waals surface area contributed by atoms with Crippen molar-refractivity contribution in [2.75, 3.05) is 13.1 Å². The average molecular weight is 318 g/mol. The molecule has 1 saturated heterocycles. The molecule has 0 bridgehead atoms. The molecule has 0 aliphatic carbocycles. The molecular weight excluding hydrogens is 300 g/mol. The number of hydrogen-bond donors (Lipinski definition) is 2. The van der Waals surface area contributed by atoms with Gasteiger partial charge in [0.25, 0.3) is 0 Å². The van der Waals surface area contributed by atoms with Crippen LogP contribution in [0.15, 0.2) is 42.5 Å². The van der Waals surface area contributed by atoms with Gasteiger partial charge in [-0.15, -0.1) is 0 Å². The second-order valence-corrected chi connectivity index (χ2v) is 5.61. The first kappa shape index (κ1) is 15.7. The molecule has 23 heavy (non-hydrogen) atoms. The van der Waals surface area contributed by atoms with Gasteiger partial charge in [0.1, 0.15) is 0 Å². The molecule has 0 radical (unpaired) electrons. The SMILES string of the molecule is NCC1CN(Cc2ccccc2)C2(OC(=O)C=CC(=O)O2)C1O. The van der Waals surface area contributed by atoms with E-state index >= 15 is 0 Å². The number of hydrogen-bond acceptors (Lipinski definition) is 7. The van der Waals surface area contributed by atoms with Gasteiger partial charge < -0.3 is 20.3 Å². The Labute approximate surface area is 133 Å². The Kier molecular flexibility index (Phi) is 4.16. The number of carbonyl (C=O) groups excluding carboxylic acids is 2. The number of nitrogens with two attached hydrogens (primary N) is 1. The van der Waals surface area contributed by atoms with E-state index in [1.807, 2.05) is 30.3 Å². The van der Waals surface area contributed by atoms with E-state index in [0.717, 1.165) is 17.7 Å². The van der Waals surface area contributed by atoms with E-state index in [1.54, 1.807) is 4.90 Å². The lowest BCUT2D eigenvalue weighted by molar-refractivity contribution is -0.301. The van der Waals surface area contributed by atoms with E-state index in [-0.39, 0.29) is 12.5 Å². The summed E-state index contributed by atoms with van der Waals surface area (Å²) in [7, 11) is 0. The van der Waals surface area contributed by atoms with Gasteiger partial charge in [-0.3, -0.25) is 0 Å². The van der Waals surface area contributed by atoms with E-state index in [1.165, 1.54) is 0 Å². The molecule has 7 nitrogen and oxygen atoms in total. The van der Waals surface area contributed by atoms with Gasteiger partial charge in [0.15, 0.2) is 6.10 Å². The van der Waals surface area contributed by atoms with Crippen molar-refractivity contribution in [1.29, 1.82) is 0 Å². The number of ether oxygens (including phenoxy) is 2. The number of benzene rings is 1. The van der Waals surface area contributed by atoms with Crippen LogP contribution in [0.25, 0.3) is 0 Å². The van der Waals surface area contributed by atoms with Gasteiger partial charge in [-0.25, -0.2) is 14.5 Å². The fourth-order valence-electron chi connectivity index (χ4n) is 2.94. The maximum atomic E-state index is 11.8. The van der Waals surface area contributed by atoms with Crippen LogP contribution in [-0.2, 0) is 25.6 Å². The van der Waals surface area contributed by atoms with Crippen molar-refractivity contribution in [3.8, 4) is 0 Å². The van der Waals surface area contributed by atoms with Crippen molar-refractivity contribution >= 4 is 11.9 Å². The van der Waals surface area contributed by atoms with E-state index in [0.29, 0.717) is 13.1 Å². The van der Waals surface area contributed by atoms with Gasteiger partial charge in [0, 0.05) is 31.2 Å². The first-order chi connectivity index (χ1) is 11.0. The summed E-state index contributed by atoms with van der Waals surface area (Å²) in [5, 5.41) is 10.6. The Morgan fingerprint density at radius 2 is 1.78 bits per heavy atom. The zero-order valence-electron chi connectivity index (χ0n) is 12.4. The summed E-state index contributed by atoms with van der Waals surface area (Å²) >= 11 is 0. The number of likely N-dealkylation sites (tertiary alicyclic amines) is 1. The summed E-state index contributed by atoms with van der Waals surface area (Å²) in [5.74, 6) is -3.72. The zero-order chi connectivity index (χ0) is 16.4. The van der Waals surface area contributed by atoms with Crippen LogP contribution in [0, 0.1) is 5.92 Å². The van der Waals surface area contributed by atoms with Crippen LogP contribution in [0.3, 0.4) is 0 Å². The fraction of sp³-hybridized carbons (Fsp3) is 0.375. The maximum absolute atomic E-state index is 11.8. The van der Waals surface area contributed by atoms with Gasteiger partial charge in [0.05, 0.1) is 0 Å². The molecule has 7 heteroatoms. The first-order valence-electron chi connectivity index (χ1n) is 7.36. The summed E-state index contributed by atoms with van der Waals surface area (Å²) in [6.07, 6.45) is 0.754. The zero-order valence-corrected chi connectivity index (χ0v) is 12.4. The predicted molar refractivity (Wildman–Crippen MR) is 79.5 cm³/mol. The van der Waals surface area contributed by atoms with Crippen LogP contribution in [0.4, 0.5) is 0 Å². The highest BCUT2D eigenvalue weighted by Crippen LogP contribution is 2.38. The third-order valence-electron chi connectivity index (χ3n) is 4.08. The quantitative estimate of drug-likeness (QED) is 0.741. The normalized spacial score (nSPS) is 26.9. The van der Waals surface area contributed by atoms with Crippen LogP contribution in [0.5, 0.6) is 0 Å². The van der Waals surface area contributed by atoms with Crippen molar-refractivity contribution < 1.29 is 24.2 Å². The second-order valence-electron chi connectivity index (χ2n) is 5.61. The van der Waals surface area contributed by atoms with E-state index in [4.69, 9.17) is 15.2 Å². The summed E-state index contributed by atoms with van der Waals surface area (Å²) in [5.41, 5.74) is 6.63. The second kappa shape index (κ2) is 6.11. The first-order valence-corrected chi connectivity index (χ1v) is 7.36. The lowest BCUT2D eigenvalue weighted by atomic mass is 10.1. The predicted octanol–water partition coefficient (Wildman–Crippen LogP) is -0.252. The molecule has 2 heterocycles. The molecule has 2 atom stereocenters. The average Bonchev–Trinajstić information content (AvgIpc) is 2.69. The van der Waals surface area contributed by atoms with Crippen LogP contribution in [-0.4, -0.2) is 47.0 Å². The summed E-state index contributed by atoms with van der Waals surface area (Å²) in [6, 6.07) is 9.43. The lowest BCUT2D eigenvalue weighted by Gasteiger charge is -2.37. The van der Waals surface area contributed by atoms with Crippen molar-refractivity contribution in [1.82, 2.24) is 4.90 Å². The van der Waals surface area contributed by atoms with Crippen LogP contribution >= 0.6 is 0 Å². The Morgan fingerprint density at radius 3 is 2.35 bits per heavy atom. The molecule has 0 aromatic heterocycles. The monoisotopic (exact) mass is 318 g/mol. The van der Waals surface area contributed by atoms with Gasteiger partial charge >= 0.3 is 17.8 Å². The minimum Gasteiger partial charge on any atom is -0.403 e. The van der Waals surface area contributed by atoms with Crippen molar-refractivity contribution in [3.05, 3.63) is 48.0 Å². The molecule has 3 rings (SSSR count). The number of aliphatic hydroxyl groups excluding tert-OH is 1. The van der Waals surface area contributed by atoms with Gasteiger partial charge in [0.2, 0.25) is 0 Å². The third-order valence-corrected chi connectivity index (χ3v) is 4.08. The molecule has 2 unspecified atom stereocenters. The van der Waals surface area contributed by atoms with Gasteiger partial charge in [-0.2, -0.15) is 0 Å². The van der Waals surface area contributed by atoms with Gasteiger partial charge in [-0.1, -0.05) is 30.3 Å². The van der Waals surface area contributed by atoms with Crippen molar-refractivity contribution in [2.45, 2.75) is 18.6 Å². The smallest absolute Gasteiger partial charge is 0.348 e. The van der Waals surface area contributed by atoms with E-state index in [2.05, 4.69) is 0 Å². The van der Waals surface area contributed by atoms with Crippen LogP contribution in [0.2, 0.25) is 0 Å². The highest BCUT2D eigenvalue weighted by Gasteiger charge is 2.60. The number of esters is 2. The molecule has 0 amide bonds. The summed E-state index contributed by atoms with van der Waals surface area (Å²) in [4.78, 5) is 25.3. The molecular formula is C16H18N2O5. The highest BCUT2D eigenvalue weighted by molar-refractivity contribution is 5.93. The van der Waals surface area contributed by atoms with Crippen LogP contribution < -0.4 is 5.73 Å². The molecule has 122 valence electrons. The van der Waals surface area contributed by atoms with E-state index < -0.39 is 24.0 Å². The minimum absolute atomic E-state index is 0.177. The minimum atomic E-state index is -1.85. The molecule has 1 fully saturated rings. The molecule has 3 N–H and O–H groups in total. The standard InChI is InChI=1S/C16H18N2O5/c17-8-12-10-18(9-11-4-2-1-3-5-11)16(15(12)21)22-13(19)6-7-14(20)23-16/h1-7,12,15,21H,8-10,17H2. The Hall–Kier alpha value is -2.22. The van der Waals surface area contributed by atoms with Crippen molar-refractivity contribution in [3.63, 3.8) is 0 Å². The Bertz CT molecular complexity index is 611. The summed E-state index contributed by atoms with van der Waals surface area (Å²) < 4.78 is 10.6. The third kappa shape index (κ3) is 2.86. The van der Waals surface area contributed by atoms with Crippen LogP contribution in [0.1, 0.15) is 5.56 Å². The number of carbonyl (C=O) groups is 2. The largest absolute Gasteiger partial charge is 0.403 e. The lowest BCUT2D eigenvalue weighted by Crippen LogP contribution is -2.56. The Morgan fingerprint density at radius 1 is 1.17 bits per heavy atom. The molecule has 0 saturated carbocycles. The fourth-order valence-corrected chi connectivity index (χ4v) is 2.94. The number of rotatable bonds is 3. The number of nitrogens with zero attached hydrogens (tertiary/aromatic N) is 1.